The number of amides is 1. The summed E-state index contributed by atoms with van der Waals surface area (Å²) in [7, 11) is 0. The van der Waals surface area contributed by atoms with Gasteiger partial charge in [-0.3, -0.25) is 4.79 Å². The Morgan fingerprint density at radius 2 is 2.45 bits per heavy atom. The van der Waals surface area contributed by atoms with Gasteiger partial charge in [-0.15, -0.1) is 0 Å². The van der Waals surface area contributed by atoms with Crippen LogP contribution in [-0.2, 0) is 9.53 Å². The maximum absolute atomic E-state index is 11.3. The number of hydrogen-bond acceptors (Lipinski definition) is 2. The molecule has 2 rings (SSSR count). The molecule has 0 unspecified atom stereocenters. The van der Waals surface area contributed by atoms with Crippen molar-refractivity contribution >= 4 is 5.91 Å². The van der Waals surface area contributed by atoms with Gasteiger partial charge in [-0.2, -0.15) is 0 Å². The summed E-state index contributed by atoms with van der Waals surface area (Å²) in [5, 5.41) is 0. The molecule has 2 saturated heterocycles. The zero-order valence-electron chi connectivity index (χ0n) is 6.96. The van der Waals surface area contributed by atoms with Crippen LogP contribution in [0.4, 0.5) is 0 Å². The van der Waals surface area contributed by atoms with E-state index >= 15 is 0 Å². The zero-order valence-corrected chi connectivity index (χ0v) is 6.96. The second-order valence-corrected chi connectivity index (χ2v) is 3.60. The Balaban J connectivity index is 2.30. The highest BCUT2D eigenvalue weighted by Gasteiger charge is 2.49. The van der Waals surface area contributed by atoms with Crippen LogP contribution >= 0.6 is 0 Å². The first kappa shape index (κ1) is 7.10. The molecule has 0 spiro atoms. The van der Waals surface area contributed by atoms with Gasteiger partial charge in [-0.1, -0.05) is 0 Å². The van der Waals surface area contributed by atoms with Crippen molar-refractivity contribution in [2.45, 2.75) is 38.5 Å². The second kappa shape index (κ2) is 1.97. The number of fused-ring (bicyclic) bond motifs is 1. The highest BCUT2D eigenvalue weighted by atomic mass is 16.5. The van der Waals surface area contributed by atoms with E-state index in [4.69, 9.17) is 4.74 Å². The molecule has 2 aliphatic heterocycles. The molecule has 0 saturated carbocycles. The SMILES string of the molecule is C[C@@H]1CO[C@@]2(C)CCC(=O)N12. The summed E-state index contributed by atoms with van der Waals surface area (Å²) in [5.41, 5.74) is -0.267. The minimum atomic E-state index is -0.267. The molecule has 2 aliphatic rings. The van der Waals surface area contributed by atoms with Gasteiger partial charge in [0.1, 0.15) is 5.72 Å². The average molecular weight is 155 g/mol. The first-order valence-electron chi connectivity index (χ1n) is 4.10. The van der Waals surface area contributed by atoms with Crippen LogP contribution in [0, 0.1) is 0 Å². The highest BCUT2D eigenvalue weighted by Crippen LogP contribution is 2.37. The largest absolute Gasteiger partial charge is 0.354 e. The van der Waals surface area contributed by atoms with Gasteiger partial charge < -0.3 is 9.64 Å². The summed E-state index contributed by atoms with van der Waals surface area (Å²) in [4.78, 5) is 13.2. The Kier molecular flexibility index (Phi) is 1.27. The standard InChI is InChI=1S/C8H13NO2/c1-6-5-11-8(2)4-3-7(10)9(6)8/h6H,3-5H2,1-2H3/t6-,8+/m1/s1. The van der Waals surface area contributed by atoms with Gasteiger partial charge in [-0.05, 0) is 13.8 Å². The first-order valence-corrected chi connectivity index (χ1v) is 4.10. The smallest absolute Gasteiger partial charge is 0.225 e. The lowest BCUT2D eigenvalue weighted by atomic mass is 10.2. The molecule has 0 aromatic carbocycles. The predicted molar refractivity (Wildman–Crippen MR) is 39.9 cm³/mol. The third-order valence-corrected chi connectivity index (χ3v) is 2.66. The Morgan fingerprint density at radius 3 is 3.09 bits per heavy atom. The molecule has 0 N–H and O–H groups in total. The second-order valence-electron chi connectivity index (χ2n) is 3.60. The van der Waals surface area contributed by atoms with E-state index in [1.54, 1.807) is 0 Å². The number of hydrogen-bond donors (Lipinski definition) is 0. The Morgan fingerprint density at radius 1 is 1.73 bits per heavy atom. The van der Waals surface area contributed by atoms with Crippen molar-refractivity contribution in [2.24, 2.45) is 0 Å². The Hall–Kier alpha value is -0.570. The van der Waals surface area contributed by atoms with Crippen molar-refractivity contribution in [1.82, 2.24) is 4.90 Å². The van der Waals surface area contributed by atoms with E-state index in [0.717, 1.165) is 6.42 Å². The molecule has 0 radical (unpaired) electrons. The van der Waals surface area contributed by atoms with Crippen molar-refractivity contribution in [2.75, 3.05) is 6.61 Å². The lowest BCUT2D eigenvalue weighted by Gasteiger charge is -2.27. The van der Waals surface area contributed by atoms with E-state index in [1.165, 1.54) is 0 Å². The van der Waals surface area contributed by atoms with Gasteiger partial charge in [0.15, 0.2) is 0 Å². The molecule has 0 aromatic heterocycles. The molecule has 0 aliphatic carbocycles. The molecule has 1 amide bonds. The normalized spacial score (nSPS) is 43.3. The number of carbonyl (C=O) groups excluding carboxylic acids is 1. The van der Waals surface area contributed by atoms with Gasteiger partial charge in [0.2, 0.25) is 5.91 Å². The summed E-state index contributed by atoms with van der Waals surface area (Å²) in [6, 6.07) is 0.273. The lowest BCUT2D eigenvalue weighted by molar-refractivity contribution is -0.136. The van der Waals surface area contributed by atoms with Gasteiger partial charge in [0.25, 0.3) is 0 Å². The molecule has 0 aromatic rings. The summed E-state index contributed by atoms with van der Waals surface area (Å²) in [5.74, 6) is 0.248. The number of rotatable bonds is 0. The lowest BCUT2D eigenvalue weighted by Crippen LogP contribution is -2.41. The van der Waals surface area contributed by atoms with Crippen molar-refractivity contribution < 1.29 is 9.53 Å². The maximum atomic E-state index is 11.3. The number of carbonyl (C=O) groups is 1. The quantitative estimate of drug-likeness (QED) is 0.516. The molecule has 2 fully saturated rings. The zero-order chi connectivity index (χ0) is 8.06. The van der Waals surface area contributed by atoms with E-state index in [1.807, 2.05) is 18.7 Å². The third-order valence-electron chi connectivity index (χ3n) is 2.66. The molecule has 3 heteroatoms. The van der Waals surface area contributed by atoms with E-state index < -0.39 is 0 Å². The van der Waals surface area contributed by atoms with E-state index in [0.29, 0.717) is 13.0 Å². The van der Waals surface area contributed by atoms with Crippen LogP contribution in [-0.4, -0.2) is 29.2 Å². The minimum Gasteiger partial charge on any atom is -0.354 e. The molecule has 2 heterocycles. The molecular formula is C8H13NO2. The molecular weight excluding hydrogens is 142 g/mol. The summed E-state index contributed by atoms with van der Waals surface area (Å²) >= 11 is 0. The molecule has 2 atom stereocenters. The van der Waals surface area contributed by atoms with E-state index in [9.17, 15) is 4.79 Å². The van der Waals surface area contributed by atoms with Crippen LogP contribution in [0.2, 0.25) is 0 Å². The van der Waals surface area contributed by atoms with Crippen molar-refractivity contribution in [3.05, 3.63) is 0 Å². The minimum absolute atomic E-state index is 0.248. The predicted octanol–water partition coefficient (Wildman–Crippen LogP) is 0.744. The van der Waals surface area contributed by atoms with Gasteiger partial charge in [0.05, 0.1) is 12.6 Å². The average Bonchev–Trinajstić information content (AvgIpc) is 2.38. The number of ether oxygens (including phenoxy) is 1. The Bertz CT molecular complexity index is 204. The van der Waals surface area contributed by atoms with Crippen LogP contribution in [0.5, 0.6) is 0 Å². The van der Waals surface area contributed by atoms with Crippen LogP contribution in [0.25, 0.3) is 0 Å². The highest BCUT2D eigenvalue weighted by molar-refractivity contribution is 5.80. The van der Waals surface area contributed by atoms with E-state index in [-0.39, 0.29) is 17.7 Å². The fourth-order valence-corrected chi connectivity index (χ4v) is 2.07. The fraction of sp³-hybridized carbons (Fsp3) is 0.875. The van der Waals surface area contributed by atoms with Crippen LogP contribution in [0.15, 0.2) is 0 Å². The summed E-state index contributed by atoms with van der Waals surface area (Å²) in [6.07, 6.45) is 1.51. The number of nitrogens with zero attached hydrogens (tertiary/aromatic N) is 1. The van der Waals surface area contributed by atoms with Crippen LogP contribution < -0.4 is 0 Å². The van der Waals surface area contributed by atoms with Crippen LogP contribution in [0.1, 0.15) is 26.7 Å². The molecule has 0 bridgehead atoms. The Labute approximate surface area is 66.3 Å². The molecule has 11 heavy (non-hydrogen) atoms. The van der Waals surface area contributed by atoms with Gasteiger partial charge >= 0.3 is 0 Å². The summed E-state index contributed by atoms with van der Waals surface area (Å²) in [6.45, 7) is 4.73. The van der Waals surface area contributed by atoms with Crippen molar-refractivity contribution in [3.63, 3.8) is 0 Å². The molecule has 3 nitrogen and oxygen atoms in total. The monoisotopic (exact) mass is 155 g/mol. The van der Waals surface area contributed by atoms with Gasteiger partial charge in [0, 0.05) is 12.8 Å². The molecule has 62 valence electrons. The maximum Gasteiger partial charge on any atom is 0.225 e. The van der Waals surface area contributed by atoms with E-state index in [2.05, 4.69) is 0 Å². The fourth-order valence-electron chi connectivity index (χ4n) is 2.07. The van der Waals surface area contributed by atoms with Gasteiger partial charge in [-0.25, -0.2) is 0 Å². The summed E-state index contributed by atoms with van der Waals surface area (Å²) < 4.78 is 5.55. The first-order chi connectivity index (χ1) is 5.13. The van der Waals surface area contributed by atoms with Crippen molar-refractivity contribution in [1.29, 1.82) is 0 Å². The van der Waals surface area contributed by atoms with Crippen molar-refractivity contribution in [3.8, 4) is 0 Å². The van der Waals surface area contributed by atoms with Crippen LogP contribution in [0.3, 0.4) is 0 Å². The topological polar surface area (TPSA) is 29.5 Å². The third kappa shape index (κ3) is 0.805.